The van der Waals surface area contributed by atoms with Crippen molar-refractivity contribution >= 4 is 12.0 Å². The lowest BCUT2D eigenvalue weighted by molar-refractivity contribution is -0.147. The normalized spacial score (nSPS) is 31.5. The van der Waals surface area contributed by atoms with Crippen LogP contribution < -0.4 is 0 Å². The smallest absolute Gasteiger partial charge is 0.331 e. The van der Waals surface area contributed by atoms with Crippen molar-refractivity contribution in [1.82, 2.24) is 0 Å². The van der Waals surface area contributed by atoms with Crippen LogP contribution in [0.25, 0.3) is 6.08 Å². The summed E-state index contributed by atoms with van der Waals surface area (Å²) in [6.45, 7) is 0.428. The van der Waals surface area contributed by atoms with Gasteiger partial charge >= 0.3 is 5.97 Å². The minimum Gasteiger partial charge on any atom is -0.508 e. The first-order valence-corrected chi connectivity index (χ1v) is 6.72. The van der Waals surface area contributed by atoms with Crippen LogP contribution in [-0.2, 0) is 19.0 Å². The second kappa shape index (κ2) is 5.85. The molecule has 0 saturated carbocycles. The fourth-order valence-corrected chi connectivity index (χ4v) is 2.48. The monoisotopic (exact) mass is 292 g/mol. The van der Waals surface area contributed by atoms with E-state index in [-0.39, 0.29) is 19.0 Å². The molecule has 1 aromatic rings. The maximum absolute atomic E-state index is 11.8. The minimum atomic E-state index is -0.661. The molecular formula is C15H16O6. The maximum atomic E-state index is 11.8. The molecule has 0 spiro atoms. The molecule has 6 heteroatoms. The Morgan fingerprint density at radius 3 is 2.67 bits per heavy atom. The van der Waals surface area contributed by atoms with Gasteiger partial charge in [-0.05, 0) is 23.8 Å². The van der Waals surface area contributed by atoms with Crippen molar-refractivity contribution in [1.29, 1.82) is 0 Å². The topological polar surface area (TPSA) is 85.2 Å². The molecule has 2 fully saturated rings. The van der Waals surface area contributed by atoms with Crippen molar-refractivity contribution < 1.29 is 29.2 Å². The predicted octanol–water partition coefficient (Wildman–Crippen LogP) is 0.476. The zero-order chi connectivity index (χ0) is 14.8. The number of esters is 1. The number of ether oxygens (including phenoxy) is 3. The number of phenols is 1. The number of carbonyl (C=O) groups excluding carboxylic acids is 1. The van der Waals surface area contributed by atoms with E-state index in [9.17, 15) is 9.90 Å². The average molecular weight is 292 g/mol. The summed E-state index contributed by atoms with van der Waals surface area (Å²) < 4.78 is 16.0. The van der Waals surface area contributed by atoms with Crippen molar-refractivity contribution in [3.63, 3.8) is 0 Å². The molecule has 0 aliphatic carbocycles. The second-order valence-electron chi connectivity index (χ2n) is 5.06. The fourth-order valence-electron chi connectivity index (χ4n) is 2.48. The van der Waals surface area contributed by atoms with E-state index in [2.05, 4.69) is 0 Å². The summed E-state index contributed by atoms with van der Waals surface area (Å²) in [5, 5.41) is 18.8. The van der Waals surface area contributed by atoms with Gasteiger partial charge in [-0.25, -0.2) is 4.79 Å². The van der Waals surface area contributed by atoms with Crippen LogP contribution >= 0.6 is 0 Å². The third-order valence-electron chi connectivity index (χ3n) is 3.55. The molecule has 0 aromatic heterocycles. The average Bonchev–Trinajstić information content (AvgIpc) is 3.03. The first-order chi connectivity index (χ1) is 10.1. The lowest BCUT2D eigenvalue weighted by Gasteiger charge is -2.15. The van der Waals surface area contributed by atoms with Gasteiger partial charge in [0.1, 0.15) is 24.1 Å². The van der Waals surface area contributed by atoms with E-state index in [1.807, 2.05) is 0 Å². The number of carbonyl (C=O) groups is 1. The summed E-state index contributed by atoms with van der Waals surface area (Å²) >= 11 is 0. The summed E-state index contributed by atoms with van der Waals surface area (Å²) in [6.07, 6.45) is 0.940. The molecule has 1 aromatic carbocycles. The van der Waals surface area contributed by atoms with Crippen molar-refractivity contribution in [2.45, 2.75) is 24.4 Å². The molecule has 0 amide bonds. The molecular weight excluding hydrogens is 276 g/mol. The van der Waals surface area contributed by atoms with Crippen molar-refractivity contribution in [2.75, 3.05) is 13.2 Å². The highest BCUT2D eigenvalue weighted by atomic mass is 16.6. The molecule has 21 heavy (non-hydrogen) atoms. The molecule has 112 valence electrons. The fraction of sp³-hybridized carbons (Fsp3) is 0.400. The summed E-state index contributed by atoms with van der Waals surface area (Å²) in [5.41, 5.74) is 0.776. The van der Waals surface area contributed by atoms with Gasteiger partial charge < -0.3 is 24.4 Å². The molecule has 3 rings (SSSR count). The number of aromatic hydroxyl groups is 1. The molecule has 2 aliphatic heterocycles. The Morgan fingerprint density at radius 2 is 1.90 bits per heavy atom. The van der Waals surface area contributed by atoms with Crippen LogP contribution in [-0.4, -0.2) is 53.8 Å². The molecule has 2 heterocycles. The van der Waals surface area contributed by atoms with E-state index in [0.29, 0.717) is 0 Å². The van der Waals surface area contributed by atoms with E-state index in [1.165, 1.54) is 18.2 Å². The van der Waals surface area contributed by atoms with Gasteiger partial charge in [0.15, 0.2) is 6.10 Å². The van der Waals surface area contributed by atoms with Gasteiger partial charge in [0.05, 0.1) is 13.2 Å². The van der Waals surface area contributed by atoms with Gasteiger partial charge in [-0.2, -0.15) is 0 Å². The summed E-state index contributed by atoms with van der Waals surface area (Å²) in [7, 11) is 0. The van der Waals surface area contributed by atoms with Crippen LogP contribution in [0.15, 0.2) is 30.3 Å². The van der Waals surface area contributed by atoms with Crippen LogP contribution in [0.5, 0.6) is 5.75 Å². The summed E-state index contributed by atoms with van der Waals surface area (Å²) in [6, 6.07) is 6.44. The molecule has 2 saturated heterocycles. The van der Waals surface area contributed by atoms with E-state index in [1.54, 1.807) is 18.2 Å². The Bertz CT molecular complexity index is 538. The number of phenolic OH excluding ortho intramolecular Hbond substituents is 1. The minimum absolute atomic E-state index is 0.167. The van der Waals surface area contributed by atoms with Gasteiger partial charge in [-0.1, -0.05) is 12.1 Å². The first kappa shape index (κ1) is 14.1. The number of fused-ring (bicyclic) bond motifs is 1. The zero-order valence-electron chi connectivity index (χ0n) is 11.2. The molecule has 0 radical (unpaired) electrons. The Labute approximate surface area is 121 Å². The van der Waals surface area contributed by atoms with E-state index in [4.69, 9.17) is 19.3 Å². The van der Waals surface area contributed by atoms with Gasteiger partial charge in [0.25, 0.3) is 0 Å². The number of aliphatic hydroxyl groups excluding tert-OH is 1. The number of hydrogen-bond donors (Lipinski definition) is 2. The third kappa shape index (κ3) is 3.07. The van der Waals surface area contributed by atoms with E-state index in [0.717, 1.165) is 5.56 Å². The number of aliphatic hydroxyl groups is 1. The van der Waals surface area contributed by atoms with Gasteiger partial charge in [-0.3, -0.25) is 0 Å². The van der Waals surface area contributed by atoms with Gasteiger partial charge in [0.2, 0.25) is 0 Å². The summed E-state index contributed by atoms with van der Waals surface area (Å²) in [4.78, 5) is 11.8. The van der Waals surface area contributed by atoms with Crippen molar-refractivity contribution in [3.05, 3.63) is 35.9 Å². The molecule has 0 bridgehead atoms. The van der Waals surface area contributed by atoms with Crippen molar-refractivity contribution in [2.24, 2.45) is 0 Å². The number of rotatable bonds is 3. The standard InChI is InChI=1S/C15H16O6/c16-10-4-1-9(2-5-10)3-6-13(18)21-12-8-20-14-11(17)7-19-15(12)14/h1-6,11-12,14-17H,7-8H2/t11-,12+,14+,15+/m0/s1. The number of benzene rings is 1. The van der Waals surface area contributed by atoms with Gasteiger partial charge in [0, 0.05) is 6.08 Å². The van der Waals surface area contributed by atoms with Crippen LogP contribution in [0.4, 0.5) is 0 Å². The Kier molecular flexibility index (Phi) is 3.92. The van der Waals surface area contributed by atoms with E-state index >= 15 is 0 Å². The van der Waals surface area contributed by atoms with Gasteiger partial charge in [-0.15, -0.1) is 0 Å². The largest absolute Gasteiger partial charge is 0.508 e. The second-order valence-corrected chi connectivity index (χ2v) is 5.06. The van der Waals surface area contributed by atoms with Crippen LogP contribution in [0, 0.1) is 0 Å². The zero-order valence-corrected chi connectivity index (χ0v) is 11.2. The molecule has 4 atom stereocenters. The van der Waals surface area contributed by atoms with Crippen LogP contribution in [0.1, 0.15) is 5.56 Å². The third-order valence-corrected chi connectivity index (χ3v) is 3.55. The maximum Gasteiger partial charge on any atom is 0.331 e. The Hall–Kier alpha value is -1.89. The molecule has 2 N–H and O–H groups in total. The van der Waals surface area contributed by atoms with E-state index < -0.39 is 30.4 Å². The quantitative estimate of drug-likeness (QED) is 0.622. The van der Waals surface area contributed by atoms with Crippen LogP contribution in [0.2, 0.25) is 0 Å². The molecule has 2 aliphatic rings. The lowest BCUT2D eigenvalue weighted by atomic mass is 10.1. The Morgan fingerprint density at radius 1 is 1.19 bits per heavy atom. The highest BCUT2D eigenvalue weighted by Gasteiger charge is 2.48. The summed E-state index contributed by atoms with van der Waals surface area (Å²) in [5.74, 6) is -0.330. The Balaban J connectivity index is 1.56. The predicted molar refractivity (Wildman–Crippen MR) is 72.5 cm³/mol. The lowest BCUT2D eigenvalue weighted by Crippen LogP contribution is -2.33. The highest BCUT2D eigenvalue weighted by molar-refractivity contribution is 5.87. The highest BCUT2D eigenvalue weighted by Crippen LogP contribution is 2.28. The van der Waals surface area contributed by atoms with Crippen molar-refractivity contribution in [3.8, 4) is 5.75 Å². The SMILES string of the molecule is O=C(C=Cc1ccc(O)cc1)O[C@@H]1CO[C@H]2[C@@H]1OC[C@@H]2O. The number of hydrogen-bond acceptors (Lipinski definition) is 6. The molecule has 6 nitrogen and oxygen atoms in total. The first-order valence-electron chi connectivity index (χ1n) is 6.72. The van der Waals surface area contributed by atoms with Crippen LogP contribution in [0.3, 0.4) is 0 Å². The molecule has 0 unspecified atom stereocenters.